The first-order valence-electron chi connectivity index (χ1n) is 14.8. The van der Waals surface area contributed by atoms with E-state index in [1.54, 1.807) is 7.11 Å². The molecule has 1 aliphatic rings. The Morgan fingerprint density at radius 2 is 1.86 bits per heavy atom. The van der Waals surface area contributed by atoms with E-state index in [0.717, 1.165) is 42.5 Å². The van der Waals surface area contributed by atoms with Gasteiger partial charge in [-0.25, -0.2) is 4.79 Å². The van der Waals surface area contributed by atoms with Gasteiger partial charge in [-0.1, -0.05) is 30.3 Å². The van der Waals surface area contributed by atoms with Crippen molar-refractivity contribution in [1.29, 1.82) is 0 Å². The Labute approximate surface area is 246 Å². The lowest BCUT2D eigenvalue weighted by atomic mass is 9.91. The summed E-state index contributed by atoms with van der Waals surface area (Å²) in [7, 11) is 3.20. The van der Waals surface area contributed by atoms with Gasteiger partial charge in [0.2, 0.25) is 5.91 Å². The number of amides is 1. The summed E-state index contributed by atoms with van der Waals surface area (Å²) in [4.78, 5) is 39.6. The van der Waals surface area contributed by atoms with Crippen LogP contribution in [0.2, 0.25) is 0 Å². The number of benzene rings is 2. The number of aryl methyl sites for hydroxylation is 2. The van der Waals surface area contributed by atoms with E-state index in [1.165, 1.54) is 46.0 Å². The van der Waals surface area contributed by atoms with Gasteiger partial charge in [0.05, 0.1) is 5.69 Å². The van der Waals surface area contributed by atoms with Gasteiger partial charge >= 0.3 is 5.69 Å². The Bertz CT molecular complexity index is 1670. The van der Waals surface area contributed by atoms with Crippen LogP contribution < -0.4 is 17.0 Å². The molecule has 1 saturated heterocycles. The van der Waals surface area contributed by atoms with Crippen LogP contribution in [0.3, 0.4) is 0 Å². The molecule has 4 aromatic rings. The SMILES string of the molecule is COCCCn1c(C2CCCN(C(=O)C[C@H](N)Cc3ccc(-n4ccc(=O)n(C)c4=O)cc3)C2)c(C)c2ccccc21. The maximum Gasteiger partial charge on any atom is 0.335 e. The predicted molar refractivity (Wildman–Crippen MR) is 165 cm³/mol. The molecule has 3 heterocycles. The smallest absolute Gasteiger partial charge is 0.335 e. The summed E-state index contributed by atoms with van der Waals surface area (Å²) in [6.45, 7) is 5.28. The molecule has 1 unspecified atom stereocenters. The number of hydrogen-bond acceptors (Lipinski definition) is 5. The highest BCUT2D eigenvalue weighted by Crippen LogP contribution is 2.36. The summed E-state index contributed by atoms with van der Waals surface area (Å²) >= 11 is 0. The van der Waals surface area contributed by atoms with Crippen molar-refractivity contribution in [2.45, 2.75) is 57.5 Å². The highest BCUT2D eigenvalue weighted by atomic mass is 16.5. The van der Waals surface area contributed by atoms with Crippen molar-refractivity contribution in [3.8, 4) is 5.69 Å². The third-order valence-corrected chi connectivity index (χ3v) is 8.50. The number of para-hydroxylation sites is 1. The van der Waals surface area contributed by atoms with Gasteiger partial charge in [-0.2, -0.15) is 0 Å². The van der Waals surface area contributed by atoms with Crippen LogP contribution in [0.1, 0.15) is 48.4 Å². The molecule has 9 nitrogen and oxygen atoms in total. The average Bonchev–Trinajstić information content (AvgIpc) is 3.28. The largest absolute Gasteiger partial charge is 0.385 e. The molecule has 0 aliphatic carbocycles. The Hall–Kier alpha value is -3.95. The predicted octanol–water partition coefficient (Wildman–Crippen LogP) is 3.50. The monoisotopic (exact) mass is 571 g/mol. The van der Waals surface area contributed by atoms with E-state index in [9.17, 15) is 14.4 Å². The number of nitrogens with two attached hydrogens (primary N) is 1. The molecule has 2 N–H and O–H groups in total. The molecule has 5 rings (SSSR count). The number of methoxy groups -OCH3 is 1. The van der Waals surface area contributed by atoms with Crippen LogP contribution in [0.15, 0.2) is 70.4 Å². The van der Waals surface area contributed by atoms with Crippen LogP contribution in [0.25, 0.3) is 16.6 Å². The molecule has 1 fully saturated rings. The lowest BCUT2D eigenvalue weighted by molar-refractivity contribution is -0.132. The number of nitrogens with zero attached hydrogens (tertiary/aromatic N) is 4. The van der Waals surface area contributed by atoms with Gasteiger partial charge < -0.3 is 19.9 Å². The molecule has 1 aliphatic heterocycles. The molecule has 0 bridgehead atoms. The summed E-state index contributed by atoms with van der Waals surface area (Å²) in [6.07, 6.45) is 5.28. The fourth-order valence-electron chi connectivity index (χ4n) is 6.34. The molecular weight excluding hydrogens is 530 g/mol. The molecule has 0 radical (unpaired) electrons. The zero-order chi connectivity index (χ0) is 29.8. The van der Waals surface area contributed by atoms with Crippen LogP contribution in [0.4, 0.5) is 0 Å². The maximum absolute atomic E-state index is 13.4. The average molecular weight is 572 g/mol. The number of fused-ring (bicyclic) bond motifs is 1. The first-order chi connectivity index (χ1) is 20.3. The summed E-state index contributed by atoms with van der Waals surface area (Å²) in [5, 5.41) is 1.28. The van der Waals surface area contributed by atoms with Gasteiger partial charge in [0, 0.05) is 87.6 Å². The fraction of sp³-hybridized carbons (Fsp3) is 0.424. The van der Waals surface area contributed by atoms with Gasteiger partial charge in [0.25, 0.3) is 5.56 Å². The summed E-state index contributed by atoms with van der Waals surface area (Å²) in [5.74, 6) is 0.377. The summed E-state index contributed by atoms with van der Waals surface area (Å²) in [5.41, 5.74) is 11.3. The number of aromatic nitrogens is 3. The Balaban J connectivity index is 1.24. The minimum atomic E-state index is -0.400. The molecule has 2 atom stereocenters. The number of carbonyl (C=O) groups is 1. The number of likely N-dealkylation sites (tertiary alicyclic amines) is 1. The van der Waals surface area contributed by atoms with Crippen molar-refractivity contribution in [1.82, 2.24) is 18.6 Å². The summed E-state index contributed by atoms with van der Waals surface area (Å²) < 4.78 is 10.3. The second kappa shape index (κ2) is 12.9. The molecule has 1 amide bonds. The van der Waals surface area contributed by atoms with E-state index in [0.29, 0.717) is 25.3 Å². The second-order valence-electron chi connectivity index (χ2n) is 11.4. The minimum absolute atomic E-state index is 0.0975. The highest BCUT2D eigenvalue weighted by Gasteiger charge is 2.29. The highest BCUT2D eigenvalue weighted by molar-refractivity contribution is 5.85. The normalized spacial score (nSPS) is 16.2. The van der Waals surface area contributed by atoms with Crippen molar-refractivity contribution in [2.75, 3.05) is 26.8 Å². The van der Waals surface area contributed by atoms with E-state index >= 15 is 0 Å². The van der Waals surface area contributed by atoms with Crippen molar-refractivity contribution in [3.63, 3.8) is 0 Å². The zero-order valence-electron chi connectivity index (χ0n) is 24.8. The number of ether oxygens (including phenoxy) is 1. The number of carbonyl (C=O) groups excluding carboxylic acids is 1. The van der Waals surface area contributed by atoms with Gasteiger partial charge in [-0.15, -0.1) is 0 Å². The van der Waals surface area contributed by atoms with Crippen LogP contribution in [-0.2, 0) is 29.5 Å². The van der Waals surface area contributed by atoms with Crippen molar-refractivity contribution in [2.24, 2.45) is 12.8 Å². The second-order valence-corrected chi connectivity index (χ2v) is 11.4. The molecule has 0 saturated carbocycles. The van der Waals surface area contributed by atoms with E-state index in [4.69, 9.17) is 10.5 Å². The van der Waals surface area contributed by atoms with E-state index < -0.39 is 5.69 Å². The van der Waals surface area contributed by atoms with Crippen LogP contribution in [0.5, 0.6) is 0 Å². The van der Waals surface area contributed by atoms with Crippen LogP contribution >= 0.6 is 0 Å². The topological polar surface area (TPSA) is 104 Å². The van der Waals surface area contributed by atoms with Crippen molar-refractivity contribution >= 4 is 16.8 Å². The standard InChI is InChI=1S/C33H41N5O4/c1-23-28-9-4-5-10-29(28)38(17-7-19-42-3)32(23)25-8-6-16-36(22-25)31(40)21-26(34)20-24-11-13-27(14-12-24)37-18-15-30(39)35(2)33(37)41/h4-5,9-15,18,25-26H,6-8,16-17,19-22,34H2,1-3H3/t25?,26-/m1/s1. The molecule has 42 heavy (non-hydrogen) atoms. The van der Waals surface area contributed by atoms with Gasteiger partial charge in [0.1, 0.15) is 0 Å². The van der Waals surface area contributed by atoms with Crippen molar-refractivity contribution in [3.05, 3.63) is 98.5 Å². The number of piperidine rings is 1. The molecular formula is C33H41N5O4. The lowest BCUT2D eigenvalue weighted by Gasteiger charge is -2.34. The number of rotatable bonds is 10. The molecule has 222 valence electrons. The first kappa shape index (κ1) is 29.5. The Morgan fingerprint density at radius 3 is 2.62 bits per heavy atom. The number of hydrogen-bond donors (Lipinski definition) is 1. The minimum Gasteiger partial charge on any atom is -0.385 e. The Morgan fingerprint density at radius 1 is 1.10 bits per heavy atom. The Kier molecular flexibility index (Phi) is 9.09. The quantitative estimate of drug-likeness (QED) is 0.294. The first-order valence-corrected chi connectivity index (χ1v) is 14.8. The molecule has 2 aromatic heterocycles. The molecule has 0 spiro atoms. The van der Waals surface area contributed by atoms with Crippen LogP contribution in [0, 0.1) is 6.92 Å². The lowest BCUT2D eigenvalue weighted by Crippen LogP contribution is -2.42. The van der Waals surface area contributed by atoms with Crippen LogP contribution in [-0.4, -0.2) is 57.4 Å². The van der Waals surface area contributed by atoms with E-state index in [1.807, 2.05) is 29.2 Å². The summed E-state index contributed by atoms with van der Waals surface area (Å²) in [6, 6.07) is 17.1. The zero-order valence-corrected chi connectivity index (χ0v) is 24.8. The van der Waals surface area contributed by atoms with Gasteiger partial charge in [-0.3, -0.25) is 18.7 Å². The fourth-order valence-corrected chi connectivity index (χ4v) is 6.34. The molecule has 2 aromatic carbocycles. The van der Waals surface area contributed by atoms with E-state index in [-0.39, 0.29) is 29.8 Å². The van der Waals surface area contributed by atoms with Gasteiger partial charge in [-0.05, 0) is 61.9 Å². The van der Waals surface area contributed by atoms with Gasteiger partial charge in [0.15, 0.2) is 0 Å². The van der Waals surface area contributed by atoms with Crippen molar-refractivity contribution < 1.29 is 9.53 Å². The maximum atomic E-state index is 13.4. The molecule has 9 heteroatoms. The third kappa shape index (κ3) is 6.12. The van der Waals surface area contributed by atoms with E-state index in [2.05, 4.69) is 35.8 Å². The third-order valence-electron chi connectivity index (χ3n) is 8.50.